The summed E-state index contributed by atoms with van der Waals surface area (Å²) >= 11 is 0. The Morgan fingerprint density at radius 3 is 2.62 bits per heavy atom. The van der Waals surface area contributed by atoms with Gasteiger partial charge in [0.05, 0.1) is 17.6 Å². The van der Waals surface area contributed by atoms with Gasteiger partial charge in [0, 0.05) is 56.7 Å². The smallest absolute Gasteiger partial charge is 0.322 e. The highest BCUT2D eigenvalue weighted by Gasteiger charge is 2.21. The number of fused-ring (bicyclic) bond motifs is 1. The number of hydrogen-bond donors (Lipinski definition) is 1. The molecule has 4 heterocycles. The highest BCUT2D eigenvalue weighted by molar-refractivity contribution is 5.92. The highest BCUT2D eigenvalue weighted by atomic mass is 16.2. The first-order chi connectivity index (χ1) is 12.6. The van der Waals surface area contributed by atoms with E-state index in [0.29, 0.717) is 18.8 Å². The van der Waals surface area contributed by atoms with E-state index in [-0.39, 0.29) is 6.03 Å². The summed E-state index contributed by atoms with van der Waals surface area (Å²) in [6, 6.07) is 5.82. The Balaban J connectivity index is 1.41. The van der Waals surface area contributed by atoms with Gasteiger partial charge in [0.15, 0.2) is 5.65 Å². The maximum atomic E-state index is 12.6. The number of pyridine rings is 2. The van der Waals surface area contributed by atoms with Gasteiger partial charge in [-0.25, -0.2) is 9.78 Å². The number of nitrogens with zero attached hydrogens (tertiary/aromatic N) is 6. The molecule has 1 N–H and O–H groups in total. The number of piperazine rings is 1. The molecule has 0 radical (unpaired) electrons. The monoisotopic (exact) mass is 351 g/mol. The molecule has 0 aromatic carbocycles. The van der Waals surface area contributed by atoms with Gasteiger partial charge in [-0.15, -0.1) is 0 Å². The second kappa shape index (κ2) is 6.62. The first kappa shape index (κ1) is 16.3. The molecule has 0 spiro atoms. The van der Waals surface area contributed by atoms with E-state index in [2.05, 4.69) is 25.3 Å². The van der Waals surface area contributed by atoms with Crippen LogP contribution < -0.4 is 10.2 Å². The van der Waals surface area contributed by atoms with Gasteiger partial charge in [0.25, 0.3) is 0 Å². The van der Waals surface area contributed by atoms with Gasteiger partial charge in [-0.05, 0) is 25.1 Å². The summed E-state index contributed by atoms with van der Waals surface area (Å²) in [5.41, 5.74) is 3.54. The molecule has 4 rings (SSSR count). The lowest BCUT2D eigenvalue weighted by Gasteiger charge is -2.35. The van der Waals surface area contributed by atoms with Crippen molar-refractivity contribution in [2.75, 3.05) is 36.4 Å². The fourth-order valence-electron chi connectivity index (χ4n) is 3.30. The zero-order valence-corrected chi connectivity index (χ0v) is 14.9. The fraction of sp³-hybridized carbons (Fsp3) is 0.333. The van der Waals surface area contributed by atoms with Crippen molar-refractivity contribution in [3.8, 4) is 0 Å². The summed E-state index contributed by atoms with van der Waals surface area (Å²) in [7, 11) is 1.86. The number of hydrogen-bond acceptors (Lipinski definition) is 5. The van der Waals surface area contributed by atoms with Crippen LogP contribution in [-0.2, 0) is 7.05 Å². The molecule has 8 nitrogen and oxygen atoms in total. The molecule has 0 saturated carbocycles. The lowest BCUT2D eigenvalue weighted by atomic mass is 10.2. The number of aromatic nitrogens is 4. The van der Waals surface area contributed by atoms with Crippen LogP contribution in [0.15, 0.2) is 36.8 Å². The molecule has 1 fully saturated rings. The number of urea groups is 1. The molecule has 26 heavy (non-hydrogen) atoms. The third-order valence-electron chi connectivity index (χ3n) is 4.71. The second-order valence-corrected chi connectivity index (χ2v) is 6.41. The van der Waals surface area contributed by atoms with E-state index in [0.717, 1.165) is 35.5 Å². The van der Waals surface area contributed by atoms with Crippen LogP contribution in [0.4, 0.5) is 16.2 Å². The third-order valence-corrected chi connectivity index (χ3v) is 4.71. The van der Waals surface area contributed by atoms with Crippen LogP contribution in [0.5, 0.6) is 0 Å². The fourth-order valence-corrected chi connectivity index (χ4v) is 3.30. The predicted octanol–water partition coefficient (Wildman–Crippen LogP) is 2.03. The first-order valence-corrected chi connectivity index (χ1v) is 8.62. The van der Waals surface area contributed by atoms with Crippen molar-refractivity contribution < 1.29 is 4.79 Å². The molecule has 3 aromatic heterocycles. The first-order valence-electron chi connectivity index (χ1n) is 8.62. The molecule has 3 aromatic rings. The lowest BCUT2D eigenvalue weighted by Crippen LogP contribution is -2.50. The van der Waals surface area contributed by atoms with Gasteiger partial charge in [-0.3, -0.25) is 9.67 Å². The Kier molecular flexibility index (Phi) is 4.16. The molecule has 1 saturated heterocycles. The number of aryl methyl sites for hydroxylation is 2. The average Bonchev–Trinajstić information content (AvgIpc) is 2.96. The Hall–Kier alpha value is -3.16. The molecule has 8 heteroatoms. The van der Waals surface area contributed by atoms with E-state index < -0.39 is 0 Å². The van der Waals surface area contributed by atoms with Gasteiger partial charge in [-0.2, -0.15) is 5.10 Å². The van der Waals surface area contributed by atoms with Crippen LogP contribution >= 0.6 is 0 Å². The van der Waals surface area contributed by atoms with Crippen LogP contribution in [0.1, 0.15) is 5.69 Å². The van der Waals surface area contributed by atoms with Gasteiger partial charge in [0.2, 0.25) is 0 Å². The van der Waals surface area contributed by atoms with E-state index in [1.54, 1.807) is 23.3 Å². The van der Waals surface area contributed by atoms with E-state index in [9.17, 15) is 4.79 Å². The SMILES string of the molecule is Cc1nn(C)c2ncc(NC(=O)N3CCN(c4ccncc4)CC3)cc12. The minimum atomic E-state index is -0.0953. The minimum absolute atomic E-state index is 0.0953. The molecule has 0 aliphatic carbocycles. The summed E-state index contributed by atoms with van der Waals surface area (Å²) < 4.78 is 1.74. The lowest BCUT2D eigenvalue weighted by molar-refractivity contribution is 0.208. The molecule has 134 valence electrons. The summed E-state index contributed by atoms with van der Waals surface area (Å²) in [5, 5.41) is 8.26. The van der Waals surface area contributed by atoms with Gasteiger partial charge in [-0.1, -0.05) is 0 Å². The summed E-state index contributed by atoms with van der Waals surface area (Å²) in [6.45, 7) is 4.90. The molecule has 1 aliphatic heterocycles. The molecule has 0 unspecified atom stereocenters. The number of carbonyl (C=O) groups excluding carboxylic acids is 1. The topological polar surface area (TPSA) is 79.2 Å². The zero-order valence-electron chi connectivity index (χ0n) is 14.9. The van der Waals surface area contributed by atoms with E-state index in [1.165, 1.54) is 0 Å². The van der Waals surface area contributed by atoms with E-state index >= 15 is 0 Å². The van der Waals surface area contributed by atoms with Crippen LogP contribution in [0.3, 0.4) is 0 Å². The van der Waals surface area contributed by atoms with Crippen molar-refractivity contribution in [3.05, 3.63) is 42.5 Å². The maximum absolute atomic E-state index is 12.6. The molecular weight excluding hydrogens is 330 g/mol. The quantitative estimate of drug-likeness (QED) is 0.764. The summed E-state index contributed by atoms with van der Waals surface area (Å²) in [5.74, 6) is 0. The van der Waals surface area contributed by atoms with Crippen LogP contribution in [0, 0.1) is 6.92 Å². The molecule has 2 amide bonds. The average molecular weight is 351 g/mol. The molecular formula is C18H21N7O. The number of amides is 2. The standard InChI is InChI=1S/C18H21N7O/c1-13-16-11-14(12-20-17(16)23(2)22-13)21-18(26)25-9-7-24(8-10-25)15-3-5-19-6-4-15/h3-6,11-12H,7-10H2,1-2H3,(H,21,26). The Bertz CT molecular complexity index is 929. The molecule has 0 atom stereocenters. The maximum Gasteiger partial charge on any atom is 0.322 e. The number of carbonyl (C=O) groups is 1. The van der Waals surface area contributed by atoms with Crippen molar-refractivity contribution in [1.82, 2.24) is 24.6 Å². The molecule has 1 aliphatic rings. The van der Waals surface area contributed by atoms with Crippen LogP contribution in [0.2, 0.25) is 0 Å². The van der Waals surface area contributed by atoms with Crippen molar-refractivity contribution in [1.29, 1.82) is 0 Å². The van der Waals surface area contributed by atoms with Gasteiger partial charge < -0.3 is 15.1 Å². The van der Waals surface area contributed by atoms with Gasteiger partial charge in [0.1, 0.15) is 0 Å². The van der Waals surface area contributed by atoms with E-state index in [4.69, 9.17) is 0 Å². The largest absolute Gasteiger partial charge is 0.368 e. The third kappa shape index (κ3) is 3.05. The number of nitrogens with one attached hydrogen (secondary N) is 1. The van der Waals surface area contributed by atoms with Crippen molar-refractivity contribution in [2.45, 2.75) is 6.92 Å². The summed E-state index contributed by atoms with van der Waals surface area (Å²) in [6.07, 6.45) is 5.25. The van der Waals surface area contributed by atoms with Crippen molar-refractivity contribution in [3.63, 3.8) is 0 Å². The highest BCUT2D eigenvalue weighted by Crippen LogP contribution is 2.20. The summed E-state index contributed by atoms with van der Waals surface area (Å²) in [4.78, 5) is 25.1. The Morgan fingerprint density at radius 1 is 1.15 bits per heavy atom. The second-order valence-electron chi connectivity index (χ2n) is 6.41. The van der Waals surface area contributed by atoms with Crippen molar-refractivity contribution in [2.24, 2.45) is 7.05 Å². The number of anilines is 2. The normalized spacial score (nSPS) is 14.7. The van der Waals surface area contributed by atoms with E-state index in [1.807, 2.05) is 37.1 Å². The van der Waals surface area contributed by atoms with Gasteiger partial charge >= 0.3 is 6.03 Å². The van der Waals surface area contributed by atoms with Crippen molar-refractivity contribution >= 4 is 28.4 Å². The minimum Gasteiger partial charge on any atom is -0.368 e. The number of rotatable bonds is 2. The molecule has 0 bridgehead atoms. The zero-order chi connectivity index (χ0) is 18.1. The Morgan fingerprint density at radius 2 is 1.88 bits per heavy atom. The predicted molar refractivity (Wildman–Crippen MR) is 100 cm³/mol. The Labute approximate surface area is 151 Å². The van der Waals surface area contributed by atoms with Crippen LogP contribution in [-0.4, -0.2) is 56.9 Å². The van der Waals surface area contributed by atoms with Crippen LogP contribution in [0.25, 0.3) is 11.0 Å².